The molecule has 4 aromatic carbocycles. The normalized spacial score (nSPS) is 15.5. The van der Waals surface area contributed by atoms with Gasteiger partial charge in [0, 0.05) is 15.1 Å². The fourth-order valence-corrected chi connectivity index (χ4v) is 5.48. The second kappa shape index (κ2) is 11.6. The molecule has 190 valence electrons. The van der Waals surface area contributed by atoms with Crippen molar-refractivity contribution >= 4 is 67.8 Å². The summed E-state index contributed by atoms with van der Waals surface area (Å²) in [6.07, 6.45) is 1.86. The van der Waals surface area contributed by atoms with Gasteiger partial charge in [-0.05, 0) is 91.8 Å². The Morgan fingerprint density at radius 3 is 2.37 bits per heavy atom. The van der Waals surface area contributed by atoms with Crippen LogP contribution in [0, 0.1) is 13.8 Å². The number of aryl methyl sites for hydroxylation is 2. The Balaban J connectivity index is 1.50. The fraction of sp³-hybridized carbons (Fsp3) is 0.0968. The molecule has 1 saturated heterocycles. The Kier molecular flexibility index (Phi) is 8.03. The molecule has 1 fully saturated rings. The third-order valence-corrected chi connectivity index (χ3v) is 7.60. The molecule has 1 heterocycles. The number of amidine groups is 1. The van der Waals surface area contributed by atoms with Gasteiger partial charge in [-0.2, -0.15) is 0 Å². The maximum atomic E-state index is 13.8. The number of thioether (sulfide) groups is 1. The molecule has 0 unspecified atom stereocenters. The van der Waals surface area contributed by atoms with Gasteiger partial charge in [0.1, 0.15) is 12.4 Å². The topological polar surface area (TPSA) is 41.9 Å². The molecule has 0 atom stereocenters. The van der Waals surface area contributed by atoms with Crippen molar-refractivity contribution in [3.8, 4) is 5.75 Å². The zero-order valence-electron chi connectivity index (χ0n) is 20.8. The number of amides is 1. The number of hydrogen-bond acceptors (Lipinski definition) is 4. The van der Waals surface area contributed by atoms with Crippen LogP contribution in [0.4, 0.5) is 11.4 Å². The predicted molar refractivity (Wildman–Crippen MR) is 162 cm³/mol. The van der Waals surface area contributed by atoms with Crippen LogP contribution in [-0.4, -0.2) is 11.1 Å². The highest BCUT2D eigenvalue weighted by Gasteiger charge is 2.35. The zero-order valence-corrected chi connectivity index (χ0v) is 24.0. The number of carbonyl (C=O) groups excluding carboxylic acids is 1. The van der Waals surface area contributed by atoms with Gasteiger partial charge in [-0.1, -0.05) is 75.1 Å². The Hall–Kier alpha value is -3.32. The van der Waals surface area contributed by atoms with Crippen LogP contribution in [0.25, 0.3) is 6.08 Å². The number of benzene rings is 4. The first-order valence-corrected chi connectivity index (χ1v) is 14.0. The summed E-state index contributed by atoms with van der Waals surface area (Å²) < 4.78 is 7.04. The van der Waals surface area contributed by atoms with E-state index in [9.17, 15) is 4.79 Å². The largest absolute Gasteiger partial charge is 0.488 e. The van der Waals surface area contributed by atoms with Crippen LogP contribution in [-0.2, 0) is 11.4 Å². The van der Waals surface area contributed by atoms with Crippen LogP contribution in [0.3, 0.4) is 0 Å². The van der Waals surface area contributed by atoms with Gasteiger partial charge in [-0.15, -0.1) is 0 Å². The van der Waals surface area contributed by atoms with Crippen molar-refractivity contribution < 1.29 is 9.53 Å². The van der Waals surface area contributed by atoms with E-state index in [1.807, 2.05) is 111 Å². The van der Waals surface area contributed by atoms with E-state index in [0.717, 1.165) is 38.1 Å². The summed E-state index contributed by atoms with van der Waals surface area (Å²) in [6.45, 7) is 4.42. The smallest absolute Gasteiger partial charge is 0.271 e. The molecule has 0 bridgehead atoms. The molecule has 38 heavy (non-hydrogen) atoms. The van der Waals surface area contributed by atoms with E-state index in [0.29, 0.717) is 27.5 Å². The van der Waals surface area contributed by atoms with Crippen molar-refractivity contribution in [2.24, 2.45) is 4.99 Å². The van der Waals surface area contributed by atoms with Gasteiger partial charge in [0.25, 0.3) is 5.91 Å². The van der Waals surface area contributed by atoms with Crippen LogP contribution < -0.4 is 9.64 Å². The number of halogens is 2. The molecular formula is C31H24BrClN2O2S. The number of aliphatic imine (C=N–C) groups is 1. The van der Waals surface area contributed by atoms with Gasteiger partial charge in [0.05, 0.1) is 16.3 Å². The average Bonchev–Trinajstić information content (AvgIpc) is 3.19. The van der Waals surface area contributed by atoms with Crippen molar-refractivity contribution in [2.45, 2.75) is 20.5 Å². The monoisotopic (exact) mass is 602 g/mol. The SMILES string of the molecule is Cc1ccc(N=C2S/C(=C\c3cc(Br)ccc3OCc3cccc(Cl)c3)C(=O)N2c2ccc(C)cc2)cc1. The van der Waals surface area contributed by atoms with Crippen molar-refractivity contribution in [3.63, 3.8) is 0 Å². The van der Waals surface area contributed by atoms with Gasteiger partial charge < -0.3 is 4.74 Å². The number of ether oxygens (including phenoxy) is 1. The number of hydrogen-bond donors (Lipinski definition) is 0. The first kappa shape index (κ1) is 26.3. The fourth-order valence-electron chi connectivity index (χ4n) is 3.89. The van der Waals surface area contributed by atoms with Crippen LogP contribution in [0.15, 0.2) is 105 Å². The molecule has 1 aliphatic heterocycles. The number of rotatable bonds is 6. The summed E-state index contributed by atoms with van der Waals surface area (Å²) in [5.74, 6) is 0.533. The maximum absolute atomic E-state index is 13.8. The van der Waals surface area contributed by atoms with Crippen molar-refractivity contribution in [1.29, 1.82) is 0 Å². The molecule has 7 heteroatoms. The quantitative estimate of drug-likeness (QED) is 0.206. The van der Waals surface area contributed by atoms with Crippen LogP contribution in [0.2, 0.25) is 5.02 Å². The molecule has 0 N–H and O–H groups in total. The van der Waals surface area contributed by atoms with E-state index in [2.05, 4.69) is 15.9 Å². The standard InChI is InChI=1S/C31H24BrClN2O2S/c1-20-6-11-26(12-7-20)34-31-35(27-13-8-21(2)9-14-27)30(36)29(38-31)18-23-17-24(32)10-15-28(23)37-19-22-4-3-5-25(33)16-22/h3-18H,19H2,1-2H3/b29-18-,34-31?. The van der Waals surface area contributed by atoms with Crippen LogP contribution >= 0.6 is 39.3 Å². The highest BCUT2D eigenvalue weighted by atomic mass is 79.9. The van der Waals surface area contributed by atoms with Gasteiger partial charge in [-0.25, -0.2) is 4.99 Å². The predicted octanol–water partition coefficient (Wildman–Crippen LogP) is 9.11. The number of anilines is 1. The van der Waals surface area contributed by atoms with E-state index < -0.39 is 0 Å². The molecule has 1 aliphatic rings. The lowest BCUT2D eigenvalue weighted by atomic mass is 10.1. The van der Waals surface area contributed by atoms with Crippen molar-refractivity contribution in [1.82, 2.24) is 0 Å². The molecule has 4 nitrogen and oxygen atoms in total. The van der Waals surface area contributed by atoms with Crippen LogP contribution in [0.1, 0.15) is 22.3 Å². The van der Waals surface area contributed by atoms with E-state index in [-0.39, 0.29) is 5.91 Å². The minimum absolute atomic E-state index is 0.134. The molecule has 4 aromatic rings. The second-order valence-corrected chi connectivity index (χ2v) is 11.3. The lowest BCUT2D eigenvalue weighted by molar-refractivity contribution is -0.113. The summed E-state index contributed by atoms with van der Waals surface area (Å²) in [6, 6.07) is 29.1. The van der Waals surface area contributed by atoms with Gasteiger partial charge >= 0.3 is 0 Å². The summed E-state index contributed by atoms with van der Waals surface area (Å²) in [7, 11) is 0. The first-order valence-electron chi connectivity index (χ1n) is 12.0. The Labute approximate surface area is 240 Å². The first-order chi connectivity index (χ1) is 18.4. The van der Waals surface area contributed by atoms with Crippen LogP contribution in [0.5, 0.6) is 5.75 Å². The zero-order chi connectivity index (χ0) is 26.6. The summed E-state index contributed by atoms with van der Waals surface area (Å²) in [4.78, 5) is 20.8. The molecule has 5 rings (SSSR count). The molecular weight excluding hydrogens is 580 g/mol. The molecule has 0 aliphatic carbocycles. The third-order valence-electron chi connectivity index (χ3n) is 5.90. The van der Waals surface area contributed by atoms with E-state index in [1.54, 1.807) is 4.90 Å². The van der Waals surface area contributed by atoms with Crippen molar-refractivity contribution in [2.75, 3.05) is 4.90 Å². The van der Waals surface area contributed by atoms with E-state index in [1.165, 1.54) is 11.8 Å². The molecule has 0 spiro atoms. The van der Waals surface area contributed by atoms with Gasteiger partial charge in [-0.3, -0.25) is 9.69 Å². The second-order valence-electron chi connectivity index (χ2n) is 8.92. The third kappa shape index (κ3) is 6.21. The maximum Gasteiger partial charge on any atom is 0.271 e. The Bertz CT molecular complexity index is 1550. The Morgan fingerprint density at radius 1 is 0.947 bits per heavy atom. The summed E-state index contributed by atoms with van der Waals surface area (Å²) in [5.41, 5.74) is 5.59. The average molecular weight is 604 g/mol. The highest BCUT2D eigenvalue weighted by molar-refractivity contribution is 9.10. The summed E-state index contributed by atoms with van der Waals surface area (Å²) >= 11 is 11.0. The van der Waals surface area contributed by atoms with Crippen molar-refractivity contribution in [3.05, 3.63) is 128 Å². The minimum Gasteiger partial charge on any atom is -0.488 e. The lowest BCUT2D eigenvalue weighted by Gasteiger charge is -2.16. The number of nitrogens with zero attached hydrogens (tertiary/aromatic N) is 2. The highest BCUT2D eigenvalue weighted by Crippen LogP contribution is 2.39. The Morgan fingerprint density at radius 2 is 1.66 bits per heavy atom. The summed E-state index contributed by atoms with van der Waals surface area (Å²) in [5, 5.41) is 1.26. The lowest BCUT2D eigenvalue weighted by Crippen LogP contribution is -2.28. The number of carbonyl (C=O) groups is 1. The van der Waals surface area contributed by atoms with E-state index >= 15 is 0 Å². The van der Waals surface area contributed by atoms with E-state index in [4.69, 9.17) is 21.3 Å². The van der Waals surface area contributed by atoms with Gasteiger partial charge in [0.2, 0.25) is 0 Å². The molecule has 0 saturated carbocycles. The van der Waals surface area contributed by atoms with Gasteiger partial charge in [0.15, 0.2) is 5.17 Å². The minimum atomic E-state index is -0.134. The molecule has 0 aromatic heterocycles. The molecule has 0 radical (unpaired) electrons. The molecule has 1 amide bonds.